The van der Waals surface area contributed by atoms with Crippen LogP contribution in [0.25, 0.3) is 33.4 Å². The molecule has 0 spiro atoms. The Morgan fingerprint density at radius 1 is 0.698 bits per heavy atom. The molecule has 1 amide bonds. The number of phenolic OH excluding ortho intramolecular Hbond substituents is 1. The molecule has 4 rings (SSSR count). The average molecular weight is 968 g/mol. The van der Waals surface area contributed by atoms with Crippen LogP contribution in [-0.4, -0.2) is 90.0 Å². The van der Waals surface area contributed by atoms with E-state index in [4.69, 9.17) is 31.6 Å². The fourth-order valence-electron chi connectivity index (χ4n) is 5.74. The smallest absolute Gasteiger partial charge is 0.472 e. The number of hydrogen-bond acceptors (Lipinski definition) is 16. The van der Waals surface area contributed by atoms with Crippen LogP contribution >= 0.6 is 31.3 Å². The molecule has 6 N–H and O–H groups in total. The number of hydrogen-bond donors (Lipinski definition) is 6. The molecular formula is C38H53NO20P4. The van der Waals surface area contributed by atoms with Gasteiger partial charge in [0.1, 0.15) is 17.1 Å². The Labute approximate surface area is 363 Å². The molecule has 0 saturated carbocycles. The Morgan fingerprint density at radius 3 is 1.94 bits per heavy atom. The Balaban J connectivity index is 1.24. The normalized spacial score (nSPS) is 16.3. The molecule has 350 valence electrons. The summed E-state index contributed by atoms with van der Waals surface area (Å²) in [5.74, 6) is -0.838. The summed E-state index contributed by atoms with van der Waals surface area (Å²) in [6.07, 6.45) is 0.927. The third kappa shape index (κ3) is 18.3. The number of aromatic hydroxyl groups is 1. The van der Waals surface area contributed by atoms with Crippen molar-refractivity contribution in [2.75, 3.05) is 59.4 Å². The Hall–Kier alpha value is -3.16. The molecule has 0 radical (unpaired) electrons. The first kappa shape index (κ1) is 52.5. The van der Waals surface area contributed by atoms with Gasteiger partial charge in [-0.2, -0.15) is 0 Å². The van der Waals surface area contributed by atoms with Crippen LogP contribution in [-0.2, 0) is 54.5 Å². The highest BCUT2D eigenvalue weighted by atomic mass is 31.2. The number of carbonyl (C=O) groups excluding carboxylic acids is 1. The van der Waals surface area contributed by atoms with Crippen molar-refractivity contribution in [1.82, 2.24) is 5.32 Å². The number of phosphoric acid groups is 4. The molecule has 0 aromatic heterocycles. The van der Waals surface area contributed by atoms with Crippen molar-refractivity contribution in [3.63, 3.8) is 0 Å². The number of nitrogens with one attached hydrogen (secondary N) is 1. The minimum atomic E-state index is -4.71. The zero-order valence-electron chi connectivity index (χ0n) is 34.8. The van der Waals surface area contributed by atoms with E-state index >= 15 is 0 Å². The zero-order valence-corrected chi connectivity index (χ0v) is 38.3. The predicted octanol–water partition coefficient (Wildman–Crippen LogP) is 7.39. The van der Waals surface area contributed by atoms with Gasteiger partial charge >= 0.3 is 31.3 Å². The highest BCUT2D eigenvalue weighted by Gasteiger charge is 2.28. The van der Waals surface area contributed by atoms with Crippen LogP contribution in [0.2, 0.25) is 0 Å². The summed E-state index contributed by atoms with van der Waals surface area (Å²) in [7, 11) is -18.1. The predicted molar refractivity (Wildman–Crippen MR) is 228 cm³/mol. The van der Waals surface area contributed by atoms with Crippen LogP contribution in [0.1, 0.15) is 56.8 Å². The minimum Gasteiger partial charge on any atom is -0.508 e. The standard InChI is InChI=1S/C38H53NO20P4/c1-4-51-60(43,44)57-25-28(26-58-62(47,48)53-18-8-17-52-61(45,46)54-19-20-55-63(49,50)56-24-27(2)3)9-5-6-16-39-38(42)30-11-7-10-29(21-30)37-33-14-12-31(40)22-35(33)59-36-23-32(41)13-15-34(36)37/h7,10-15,21-23,27-28,40H,4-6,8-9,16-20,24-26H2,1-3H3,(H,39,42)(H,43,44)(H,45,46)(H,47,48)(H,49,50). The topological polar surface area (TPSA) is 303 Å². The first-order valence-corrected chi connectivity index (χ1v) is 25.7. The summed E-state index contributed by atoms with van der Waals surface area (Å²) in [6, 6.07) is 15.9. The van der Waals surface area contributed by atoms with Gasteiger partial charge in [0.15, 0.2) is 5.43 Å². The van der Waals surface area contributed by atoms with Crippen LogP contribution in [0, 0.1) is 11.8 Å². The molecule has 2 aliphatic rings. The van der Waals surface area contributed by atoms with Crippen molar-refractivity contribution in [1.29, 1.82) is 0 Å². The SMILES string of the molecule is CCOP(=O)(O)OCC(CCCCNC(=O)c1cccc(-c2c3ccc(=O)cc-3oc3cc(O)ccc23)c1)COP(=O)(O)OCCCOP(=O)(O)OCCOP(=O)(O)OCC(C)C. The number of benzene rings is 3. The molecule has 5 unspecified atom stereocenters. The summed E-state index contributed by atoms with van der Waals surface area (Å²) in [6.45, 7) is 2.15. The number of fused-ring (bicyclic) bond motifs is 2. The molecule has 63 heavy (non-hydrogen) atoms. The molecule has 0 fully saturated rings. The van der Waals surface area contributed by atoms with E-state index in [1.807, 2.05) is 6.07 Å². The van der Waals surface area contributed by atoms with Crippen molar-refractivity contribution < 1.29 is 88.3 Å². The molecule has 2 aromatic carbocycles. The number of phosphoric ester groups is 4. The number of rotatable bonds is 29. The third-order valence-electron chi connectivity index (χ3n) is 8.61. The lowest BCUT2D eigenvalue weighted by atomic mass is 9.92. The second-order valence-corrected chi connectivity index (χ2v) is 20.1. The van der Waals surface area contributed by atoms with Gasteiger partial charge in [0, 0.05) is 46.7 Å². The van der Waals surface area contributed by atoms with Gasteiger partial charge in [0.25, 0.3) is 5.91 Å². The minimum absolute atomic E-state index is 0.0214. The van der Waals surface area contributed by atoms with Crippen molar-refractivity contribution in [2.24, 2.45) is 11.8 Å². The molecule has 1 aliphatic heterocycles. The summed E-state index contributed by atoms with van der Waals surface area (Å²) in [5, 5.41) is 13.6. The summed E-state index contributed by atoms with van der Waals surface area (Å²) in [5.41, 5.74) is 2.44. The van der Waals surface area contributed by atoms with Gasteiger partial charge in [-0.25, -0.2) is 18.3 Å². The van der Waals surface area contributed by atoms with Crippen molar-refractivity contribution in [3.8, 4) is 28.2 Å². The molecule has 1 aliphatic carbocycles. The van der Waals surface area contributed by atoms with Gasteiger partial charge in [-0.05, 0) is 74.1 Å². The van der Waals surface area contributed by atoms with Gasteiger partial charge in [0.2, 0.25) is 0 Å². The molecule has 2 aromatic rings. The maximum atomic E-state index is 13.3. The van der Waals surface area contributed by atoms with E-state index in [1.165, 1.54) is 31.2 Å². The molecule has 21 nitrogen and oxygen atoms in total. The van der Waals surface area contributed by atoms with E-state index in [1.54, 1.807) is 44.2 Å². The van der Waals surface area contributed by atoms with E-state index < -0.39 is 76.8 Å². The lowest BCUT2D eigenvalue weighted by Crippen LogP contribution is -2.24. The number of amides is 1. The van der Waals surface area contributed by atoms with Gasteiger partial charge in [-0.15, -0.1) is 0 Å². The van der Waals surface area contributed by atoms with E-state index in [9.17, 15) is 52.5 Å². The second kappa shape index (κ2) is 24.4. The van der Waals surface area contributed by atoms with Crippen LogP contribution in [0.5, 0.6) is 5.75 Å². The first-order valence-electron chi connectivity index (χ1n) is 19.7. The molecule has 1 heterocycles. The maximum Gasteiger partial charge on any atom is 0.472 e. The number of phenols is 1. The largest absolute Gasteiger partial charge is 0.508 e. The molecule has 0 saturated heterocycles. The Kier molecular flexibility index (Phi) is 20.3. The molecule has 5 atom stereocenters. The van der Waals surface area contributed by atoms with Gasteiger partial charge in [-0.3, -0.25) is 45.8 Å². The van der Waals surface area contributed by atoms with E-state index in [0.29, 0.717) is 51.8 Å². The van der Waals surface area contributed by atoms with E-state index in [-0.39, 0.29) is 55.6 Å². The number of unbranched alkanes of at least 4 members (excludes halogenated alkanes) is 1. The van der Waals surface area contributed by atoms with E-state index in [0.717, 1.165) is 0 Å². The third-order valence-corrected chi connectivity index (χ3v) is 12.7. The van der Waals surface area contributed by atoms with Gasteiger partial charge in [0.05, 0.1) is 52.9 Å². The highest BCUT2D eigenvalue weighted by molar-refractivity contribution is 7.48. The van der Waals surface area contributed by atoms with Crippen LogP contribution in [0.15, 0.2) is 69.9 Å². The van der Waals surface area contributed by atoms with Crippen LogP contribution in [0.3, 0.4) is 0 Å². The fourth-order valence-corrected chi connectivity index (χ4v) is 8.98. The van der Waals surface area contributed by atoms with Crippen LogP contribution < -0.4 is 10.7 Å². The summed E-state index contributed by atoms with van der Waals surface area (Å²) < 4.78 is 93.1. The summed E-state index contributed by atoms with van der Waals surface area (Å²) in [4.78, 5) is 64.9. The quantitative estimate of drug-likeness (QED) is 0.0175. The van der Waals surface area contributed by atoms with Crippen LogP contribution in [0.4, 0.5) is 0 Å². The van der Waals surface area contributed by atoms with Gasteiger partial charge < -0.3 is 34.4 Å². The Morgan fingerprint density at radius 2 is 1.30 bits per heavy atom. The lowest BCUT2D eigenvalue weighted by molar-refractivity contribution is 0.0840. The van der Waals surface area contributed by atoms with Crippen molar-refractivity contribution in [2.45, 2.75) is 46.5 Å². The maximum absolute atomic E-state index is 13.3. The van der Waals surface area contributed by atoms with Crippen molar-refractivity contribution in [3.05, 3.63) is 76.5 Å². The van der Waals surface area contributed by atoms with Gasteiger partial charge in [-0.1, -0.05) is 32.4 Å². The van der Waals surface area contributed by atoms with Crippen molar-refractivity contribution >= 4 is 48.2 Å². The molecule has 25 heteroatoms. The fraction of sp³-hybridized carbons (Fsp3) is 0.474. The molecular weight excluding hydrogens is 914 g/mol. The summed E-state index contributed by atoms with van der Waals surface area (Å²) >= 11 is 0. The van der Waals surface area contributed by atoms with E-state index in [2.05, 4.69) is 14.4 Å². The Bertz CT molecular complexity index is 2340. The molecule has 0 bridgehead atoms. The lowest BCUT2D eigenvalue weighted by Gasteiger charge is -2.20. The first-order chi connectivity index (χ1) is 29.7. The highest BCUT2D eigenvalue weighted by Crippen LogP contribution is 2.48. The number of carbonyl (C=O) groups is 1. The second-order valence-electron chi connectivity index (χ2n) is 14.3. The average Bonchev–Trinajstić information content (AvgIpc) is 3.21. The zero-order chi connectivity index (χ0) is 46.3. The monoisotopic (exact) mass is 967 g/mol.